The SMILES string of the molecule is CCCC(C)COc1ccc(C(C)NC)cc1Cl. The highest BCUT2D eigenvalue weighted by Crippen LogP contribution is 2.28. The predicted molar refractivity (Wildman–Crippen MR) is 78.5 cm³/mol. The number of hydrogen-bond acceptors (Lipinski definition) is 2. The van der Waals surface area contributed by atoms with Crippen LogP contribution in [-0.4, -0.2) is 13.7 Å². The summed E-state index contributed by atoms with van der Waals surface area (Å²) in [6, 6.07) is 6.30. The molecule has 1 aromatic carbocycles. The summed E-state index contributed by atoms with van der Waals surface area (Å²) in [6.07, 6.45) is 2.38. The van der Waals surface area contributed by atoms with Crippen molar-refractivity contribution in [2.45, 2.75) is 39.7 Å². The molecule has 0 saturated heterocycles. The van der Waals surface area contributed by atoms with Crippen LogP contribution < -0.4 is 10.1 Å². The number of nitrogens with one attached hydrogen (secondary N) is 1. The molecule has 0 aliphatic rings. The summed E-state index contributed by atoms with van der Waals surface area (Å²) in [7, 11) is 1.94. The summed E-state index contributed by atoms with van der Waals surface area (Å²) < 4.78 is 5.77. The fourth-order valence-corrected chi connectivity index (χ4v) is 2.12. The van der Waals surface area contributed by atoms with Crippen molar-refractivity contribution >= 4 is 11.6 Å². The van der Waals surface area contributed by atoms with Crippen LogP contribution in [0.15, 0.2) is 18.2 Å². The van der Waals surface area contributed by atoms with Crippen molar-refractivity contribution in [1.29, 1.82) is 0 Å². The lowest BCUT2D eigenvalue weighted by molar-refractivity contribution is 0.251. The average Bonchev–Trinajstić information content (AvgIpc) is 2.36. The molecule has 2 nitrogen and oxygen atoms in total. The molecule has 102 valence electrons. The summed E-state index contributed by atoms with van der Waals surface area (Å²) in [5.74, 6) is 1.36. The minimum atomic E-state index is 0.301. The van der Waals surface area contributed by atoms with E-state index in [9.17, 15) is 0 Å². The van der Waals surface area contributed by atoms with E-state index in [1.165, 1.54) is 18.4 Å². The molecule has 0 heterocycles. The average molecular weight is 270 g/mol. The number of ether oxygens (including phenoxy) is 1. The third-order valence-corrected chi connectivity index (χ3v) is 3.49. The first kappa shape index (κ1) is 15.3. The lowest BCUT2D eigenvalue weighted by Gasteiger charge is -2.15. The van der Waals surface area contributed by atoms with Gasteiger partial charge in [-0.2, -0.15) is 0 Å². The van der Waals surface area contributed by atoms with Gasteiger partial charge in [0.15, 0.2) is 0 Å². The third kappa shape index (κ3) is 4.51. The minimum absolute atomic E-state index is 0.301. The number of halogens is 1. The van der Waals surface area contributed by atoms with Gasteiger partial charge in [0.2, 0.25) is 0 Å². The van der Waals surface area contributed by atoms with Crippen molar-refractivity contribution in [3.05, 3.63) is 28.8 Å². The topological polar surface area (TPSA) is 21.3 Å². The molecule has 2 unspecified atom stereocenters. The molecule has 18 heavy (non-hydrogen) atoms. The molecule has 0 fully saturated rings. The second kappa shape index (κ2) is 7.65. The quantitative estimate of drug-likeness (QED) is 0.790. The van der Waals surface area contributed by atoms with Gasteiger partial charge >= 0.3 is 0 Å². The van der Waals surface area contributed by atoms with E-state index < -0.39 is 0 Å². The number of hydrogen-bond donors (Lipinski definition) is 1. The molecule has 0 bridgehead atoms. The van der Waals surface area contributed by atoms with Crippen molar-refractivity contribution in [3.63, 3.8) is 0 Å². The molecule has 1 N–H and O–H groups in total. The normalized spacial score (nSPS) is 14.3. The molecule has 0 aliphatic carbocycles. The molecule has 0 aliphatic heterocycles. The van der Waals surface area contributed by atoms with Gasteiger partial charge in [0, 0.05) is 6.04 Å². The molecule has 0 amide bonds. The standard InChI is InChI=1S/C15H24ClNO/c1-5-6-11(2)10-18-15-8-7-13(9-14(15)16)12(3)17-4/h7-9,11-12,17H,5-6,10H2,1-4H3. The zero-order chi connectivity index (χ0) is 13.5. The van der Waals surface area contributed by atoms with Gasteiger partial charge in [-0.3, -0.25) is 0 Å². The van der Waals surface area contributed by atoms with Crippen molar-refractivity contribution < 1.29 is 4.74 Å². The summed E-state index contributed by atoms with van der Waals surface area (Å²) >= 11 is 6.24. The van der Waals surface area contributed by atoms with Crippen LogP contribution in [0.5, 0.6) is 5.75 Å². The second-order valence-corrected chi connectivity index (χ2v) is 5.31. The van der Waals surface area contributed by atoms with E-state index >= 15 is 0 Å². The molecule has 0 saturated carbocycles. The number of benzene rings is 1. The Kier molecular flexibility index (Phi) is 6.51. The van der Waals surface area contributed by atoms with Crippen LogP contribution in [0.4, 0.5) is 0 Å². The van der Waals surface area contributed by atoms with Gasteiger partial charge in [-0.15, -0.1) is 0 Å². The summed E-state index contributed by atoms with van der Waals surface area (Å²) in [5.41, 5.74) is 1.18. The molecule has 0 aromatic heterocycles. The van der Waals surface area contributed by atoms with Gasteiger partial charge in [0.05, 0.1) is 11.6 Å². The van der Waals surface area contributed by atoms with Crippen LogP contribution >= 0.6 is 11.6 Å². The number of rotatable bonds is 7. The van der Waals surface area contributed by atoms with Crippen molar-refractivity contribution in [3.8, 4) is 5.75 Å². The van der Waals surface area contributed by atoms with Crippen molar-refractivity contribution in [1.82, 2.24) is 5.32 Å². The largest absolute Gasteiger partial charge is 0.492 e. The molecular weight excluding hydrogens is 246 g/mol. The first-order valence-electron chi connectivity index (χ1n) is 6.68. The summed E-state index contributed by atoms with van der Waals surface area (Å²) in [4.78, 5) is 0. The second-order valence-electron chi connectivity index (χ2n) is 4.91. The Morgan fingerprint density at radius 1 is 1.33 bits per heavy atom. The van der Waals surface area contributed by atoms with E-state index in [1.54, 1.807) is 0 Å². The van der Waals surface area contributed by atoms with Gasteiger partial charge in [0.25, 0.3) is 0 Å². The van der Waals surface area contributed by atoms with Gasteiger partial charge in [0.1, 0.15) is 5.75 Å². The zero-order valence-electron chi connectivity index (χ0n) is 11.8. The summed E-state index contributed by atoms with van der Waals surface area (Å²) in [6.45, 7) is 7.23. The third-order valence-electron chi connectivity index (χ3n) is 3.19. The van der Waals surface area contributed by atoms with E-state index in [-0.39, 0.29) is 0 Å². The molecule has 2 atom stereocenters. The van der Waals surface area contributed by atoms with Crippen LogP contribution in [0.2, 0.25) is 5.02 Å². The molecule has 3 heteroatoms. The van der Waals surface area contributed by atoms with E-state index in [0.717, 1.165) is 12.4 Å². The van der Waals surface area contributed by atoms with Gasteiger partial charge < -0.3 is 10.1 Å². The van der Waals surface area contributed by atoms with E-state index in [4.69, 9.17) is 16.3 Å². The Hall–Kier alpha value is -0.730. The first-order chi connectivity index (χ1) is 8.58. The van der Waals surface area contributed by atoms with Crippen LogP contribution in [0.25, 0.3) is 0 Å². The summed E-state index contributed by atoms with van der Waals surface area (Å²) in [5, 5.41) is 3.89. The van der Waals surface area contributed by atoms with Gasteiger partial charge in [-0.1, -0.05) is 37.9 Å². The van der Waals surface area contributed by atoms with E-state index in [0.29, 0.717) is 17.0 Å². The minimum Gasteiger partial charge on any atom is -0.492 e. The van der Waals surface area contributed by atoms with E-state index in [1.807, 2.05) is 19.2 Å². The van der Waals surface area contributed by atoms with Gasteiger partial charge in [-0.05, 0) is 44.0 Å². The van der Waals surface area contributed by atoms with E-state index in [2.05, 4.69) is 32.2 Å². The maximum Gasteiger partial charge on any atom is 0.137 e. The van der Waals surface area contributed by atoms with Crippen molar-refractivity contribution in [2.75, 3.05) is 13.7 Å². The highest BCUT2D eigenvalue weighted by atomic mass is 35.5. The Bertz CT molecular complexity index is 368. The van der Waals surface area contributed by atoms with Crippen LogP contribution in [-0.2, 0) is 0 Å². The first-order valence-corrected chi connectivity index (χ1v) is 7.05. The Labute approximate surface area is 116 Å². The van der Waals surface area contributed by atoms with Crippen LogP contribution in [0, 0.1) is 5.92 Å². The smallest absolute Gasteiger partial charge is 0.137 e. The monoisotopic (exact) mass is 269 g/mol. The lowest BCUT2D eigenvalue weighted by Crippen LogP contribution is -2.12. The fraction of sp³-hybridized carbons (Fsp3) is 0.600. The van der Waals surface area contributed by atoms with Crippen LogP contribution in [0.1, 0.15) is 45.2 Å². The Balaban J connectivity index is 2.62. The molecule has 1 rings (SSSR count). The highest BCUT2D eigenvalue weighted by Gasteiger charge is 2.08. The maximum absolute atomic E-state index is 6.24. The molecule has 0 spiro atoms. The van der Waals surface area contributed by atoms with Crippen molar-refractivity contribution in [2.24, 2.45) is 5.92 Å². The maximum atomic E-state index is 6.24. The van der Waals surface area contributed by atoms with Gasteiger partial charge in [-0.25, -0.2) is 0 Å². The zero-order valence-corrected chi connectivity index (χ0v) is 12.6. The Morgan fingerprint density at radius 3 is 2.61 bits per heavy atom. The lowest BCUT2D eigenvalue weighted by atomic mass is 10.1. The highest BCUT2D eigenvalue weighted by molar-refractivity contribution is 6.32. The molecular formula is C15H24ClNO. The fourth-order valence-electron chi connectivity index (χ4n) is 1.88. The Morgan fingerprint density at radius 2 is 2.06 bits per heavy atom. The molecule has 1 aromatic rings. The molecule has 0 radical (unpaired) electrons. The predicted octanol–water partition coefficient (Wildman–Crippen LogP) is 4.44. The van der Waals surface area contributed by atoms with Crippen LogP contribution in [0.3, 0.4) is 0 Å².